The lowest BCUT2D eigenvalue weighted by molar-refractivity contribution is -0.125. The van der Waals surface area contributed by atoms with Crippen LogP contribution in [0.5, 0.6) is 0 Å². The average molecular weight is 533 g/mol. The molecular formula is C25H52O4SSi3. The number of thioether (sulfide) groups is 1. The minimum Gasteiger partial charge on any atom is -0.410 e. The molecule has 1 saturated carbocycles. The second-order valence-electron chi connectivity index (χ2n) is 13.3. The zero-order chi connectivity index (χ0) is 25.6. The third-order valence-electron chi connectivity index (χ3n) is 9.26. The van der Waals surface area contributed by atoms with E-state index in [2.05, 4.69) is 88.5 Å². The van der Waals surface area contributed by atoms with Gasteiger partial charge < -0.3 is 13.3 Å². The molecule has 0 aromatic rings. The Balaban J connectivity index is 2.57. The lowest BCUT2D eigenvalue weighted by Crippen LogP contribution is -2.63. The summed E-state index contributed by atoms with van der Waals surface area (Å²) in [6.45, 7) is 29.8. The fraction of sp³-hybridized carbons (Fsp3) is 0.960. The molecule has 2 aliphatic rings. The number of hydrogen-bond donors (Lipinski definition) is 0. The first kappa shape index (κ1) is 29.8. The van der Waals surface area contributed by atoms with Gasteiger partial charge in [0.2, 0.25) is 0 Å². The third-order valence-corrected chi connectivity index (χ3v) is 24.1. The summed E-state index contributed by atoms with van der Waals surface area (Å²) in [5.74, 6) is -0.0735. The number of carbonyl (C=O) groups excluding carboxylic acids is 1. The van der Waals surface area contributed by atoms with Crippen LogP contribution in [-0.2, 0) is 18.1 Å². The SMILES string of the molecule is CC[Si](CC)(CC)O[C@H]1[C@@H](O[Si](C)(C)C(C)(C)C)[C@@H]2C[C@@H](C(=O)S2)[C@H]1O[Si](C)(C)C(C)(C)C. The summed E-state index contributed by atoms with van der Waals surface area (Å²) in [5.41, 5.74) is 0. The second-order valence-corrected chi connectivity index (χ2v) is 28.8. The Morgan fingerprint density at radius 3 is 1.58 bits per heavy atom. The van der Waals surface area contributed by atoms with Gasteiger partial charge in [0.05, 0.1) is 24.2 Å². The standard InChI is InChI=1S/C25H52O4SSi3/c1-14-33(15-2,16-3)29-22-20(27-31(10,11)24(4,5)6)18-17-19(30-23(18)26)21(22)28-32(12,13)25(7,8)9/h18-22H,14-17H2,1-13H3/t18-,19+,20-,21+,22-/m1/s1. The number of rotatable bonds is 9. The molecule has 0 spiro atoms. The van der Waals surface area contributed by atoms with Crippen molar-refractivity contribution < 1.29 is 18.1 Å². The van der Waals surface area contributed by atoms with Crippen molar-refractivity contribution in [3.63, 3.8) is 0 Å². The highest BCUT2D eigenvalue weighted by Crippen LogP contribution is 2.51. The average Bonchev–Trinajstić information content (AvgIpc) is 3.02. The molecule has 0 radical (unpaired) electrons. The summed E-state index contributed by atoms with van der Waals surface area (Å²) in [4.78, 5) is 13.2. The van der Waals surface area contributed by atoms with Gasteiger partial charge in [-0.05, 0) is 60.8 Å². The van der Waals surface area contributed by atoms with Crippen molar-refractivity contribution in [1.82, 2.24) is 0 Å². The maximum absolute atomic E-state index is 13.2. The highest BCUT2D eigenvalue weighted by molar-refractivity contribution is 8.14. The van der Waals surface area contributed by atoms with E-state index in [0.29, 0.717) is 0 Å². The van der Waals surface area contributed by atoms with Crippen molar-refractivity contribution in [1.29, 1.82) is 0 Å². The summed E-state index contributed by atoms with van der Waals surface area (Å²) in [7, 11) is -6.10. The van der Waals surface area contributed by atoms with E-state index in [9.17, 15) is 4.79 Å². The molecular weight excluding hydrogens is 481 g/mol. The van der Waals surface area contributed by atoms with E-state index in [0.717, 1.165) is 24.6 Å². The molecule has 1 heterocycles. The Morgan fingerprint density at radius 1 is 0.758 bits per heavy atom. The van der Waals surface area contributed by atoms with E-state index in [-0.39, 0.29) is 44.7 Å². The maximum Gasteiger partial charge on any atom is 0.195 e. The van der Waals surface area contributed by atoms with E-state index in [4.69, 9.17) is 13.3 Å². The molecule has 2 fully saturated rings. The molecule has 0 N–H and O–H groups in total. The van der Waals surface area contributed by atoms with Gasteiger partial charge in [-0.15, -0.1) is 0 Å². The molecule has 0 unspecified atom stereocenters. The zero-order valence-electron chi connectivity index (χ0n) is 23.8. The summed E-state index contributed by atoms with van der Waals surface area (Å²) < 4.78 is 21.5. The van der Waals surface area contributed by atoms with Gasteiger partial charge >= 0.3 is 0 Å². The topological polar surface area (TPSA) is 44.8 Å². The van der Waals surface area contributed by atoms with E-state index in [1.807, 2.05) is 0 Å². The molecule has 0 amide bonds. The van der Waals surface area contributed by atoms with Gasteiger partial charge in [-0.3, -0.25) is 4.79 Å². The molecule has 1 aliphatic carbocycles. The van der Waals surface area contributed by atoms with Gasteiger partial charge in [-0.2, -0.15) is 0 Å². The van der Waals surface area contributed by atoms with Gasteiger partial charge in [0.15, 0.2) is 30.1 Å². The minimum absolute atomic E-state index is 0.0735. The lowest BCUT2D eigenvalue weighted by Gasteiger charge is -2.51. The predicted molar refractivity (Wildman–Crippen MR) is 151 cm³/mol. The molecule has 194 valence electrons. The van der Waals surface area contributed by atoms with Gasteiger partial charge in [0.1, 0.15) is 0 Å². The van der Waals surface area contributed by atoms with E-state index >= 15 is 0 Å². The first-order valence-corrected chi connectivity index (χ1v) is 22.3. The zero-order valence-corrected chi connectivity index (χ0v) is 27.6. The van der Waals surface area contributed by atoms with Gasteiger partial charge in [0.25, 0.3) is 0 Å². The Bertz CT molecular complexity index is 686. The van der Waals surface area contributed by atoms with Crippen LogP contribution >= 0.6 is 11.8 Å². The third kappa shape index (κ3) is 6.10. The van der Waals surface area contributed by atoms with Crippen LogP contribution in [0.15, 0.2) is 0 Å². The lowest BCUT2D eigenvalue weighted by atomic mass is 9.83. The predicted octanol–water partition coefficient (Wildman–Crippen LogP) is 7.82. The van der Waals surface area contributed by atoms with Crippen molar-refractivity contribution in [3.05, 3.63) is 0 Å². The highest BCUT2D eigenvalue weighted by Gasteiger charge is 2.59. The van der Waals surface area contributed by atoms with E-state index in [1.54, 1.807) is 0 Å². The van der Waals surface area contributed by atoms with Crippen molar-refractivity contribution in [3.8, 4) is 0 Å². The van der Waals surface area contributed by atoms with Crippen LogP contribution in [-0.4, -0.2) is 53.6 Å². The number of hydrogen-bond acceptors (Lipinski definition) is 5. The molecule has 8 heteroatoms. The van der Waals surface area contributed by atoms with Crippen LogP contribution in [0.1, 0.15) is 68.7 Å². The summed E-state index contributed by atoms with van der Waals surface area (Å²) >= 11 is 1.51. The minimum atomic E-state index is -2.10. The highest BCUT2D eigenvalue weighted by atomic mass is 32.2. The van der Waals surface area contributed by atoms with Crippen LogP contribution in [0.3, 0.4) is 0 Å². The summed E-state index contributed by atoms with van der Waals surface area (Å²) in [5, 5.41) is 0.647. The van der Waals surface area contributed by atoms with E-state index in [1.165, 1.54) is 11.8 Å². The van der Waals surface area contributed by atoms with Crippen molar-refractivity contribution in [2.24, 2.45) is 5.92 Å². The van der Waals surface area contributed by atoms with Crippen LogP contribution in [0.2, 0.25) is 54.4 Å². The van der Waals surface area contributed by atoms with Gasteiger partial charge in [-0.1, -0.05) is 74.1 Å². The number of carbonyl (C=O) groups is 1. The molecule has 1 saturated heterocycles. The fourth-order valence-electron chi connectivity index (χ4n) is 4.48. The summed E-state index contributed by atoms with van der Waals surface area (Å²) in [6.07, 6.45) is 0.434. The molecule has 33 heavy (non-hydrogen) atoms. The first-order valence-electron chi connectivity index (χ1n) is 13.1. The molecule has 0 aromatic carbocycles. The van der Waals surface area contributed by atoms with Crippen LogP contribution in [0.4, 0.5) is 0 Å². The van der Waals surface area contributed by atoms with Crippen molar-refractivity contribution in [2.45, 2.75) is 147 Å². The Kier molecular flexibility index (Phi) is 9.14. The molecule has 4 nitrogen and oxygen atoms in total. The fourth-order valence-corrected chi connectivity index (χ4v) is 11.4. The number of fused-ring (bicyclic) bond motifs is 2. The van der Waals surface area contributed by atoms with Crippen molar-refractivity contribution in [2.75, 3.05) is 0 Å². The maximum atomic E-state index is 13.2. The summed E-state index contributed by atoms with van der Waals surface area (Å²) in [6, 6.07) is 3.27. The van der Waals surface area contributed by atoms with Crippen LogP contribution in [0.25, 0.3) is 0 Å². The van der Waals surface area contributed by atoms with E-state index < -0.39 is 25.0 Å². The molecule has 1 aliphatic heterocycles. The van der Waals surface area contributed by atoms with Gasteiger partial charge in [-0.25, -0.2) is 0 Å². The molecule has 0 aromatic heterocycles. The first-order chi connectivity index (χ1) is 14.8. The smallest absolute Gasteiger partial charge is 0.195 e. The Labute approximate surface area is 212 Å². The van der Waals surface area contributed by atoms with Crippen LogP contribution < -0.4 is 0 Å². The van der Waals surface area contributed by atoms with Crippen molar-refractivity contribution >= 4 is 41.8 Å². The molecule has 2 bridgehead atoms. The Hall–Kier alpha value is 0.551. The Morgan fingerprint density at radius 2 is 1.18 bits per heavy atom. The second kappa shape index (κ2) is 10.1. The van der Waals surface area contributed by atoms with Gasteiger partial charge in [0, 0.05) is 5.25 Å². The molecule has 5 atom stereocenters. The molecule has 2 rings (SSSR count). The normalized spacial score (nSPS) is 29.6. The monoisotopic (exact) mass is 532 g/mol. The quantitative estimate of drug-likeness (QED) is 0.283. The largest absolute Gasteiger partial charge is 0.410 e. The van der Waals surface area contributed by atoms with Crippen LogP contribution in [0, 0.1) is 5.92 Å².